The summed E-state index contributed by atoms with van der Waals surface area (Å²) in [5.41, 5.74) is -2.40. The molecular formula is C33H37BrFN5O12. The van der Waals surface area contributed by atoms with E-state index in [4.69, 9.17) is 14.2 Å². The number of rotatable bonds is 13. The van der Waals surface area contributed by atoms with Gasteiger partial charge in [0.05, 0.1) is 23.6 Å². The zero-order valence-electron chi connectivity index (χ0n) is 28.6. The molecular weight excluding hydrogens is 757 g/mol. The SMILES string of the molecule is CNC(=O)[C@@H](NC(=O)[C@H](NC(=O)[C@H](NC(=O)OC(C)(C)C)c1cc(O)c(OC)c(O)c1)c1ccc(OC)c(Br)c1)[C@H](O)c1ccc(F)c([N+](=O)[O-])c1. The maximum Gasteiger partial charge on any atom is 0.408 e. The molecule has 0 bridgehead atoms. The van der Waals surface area contributed by atoms with Gasteiger partial charge < -0.3 is 50.8 Å². The molecule has 7 N–H and O–H groups in total. The Labute approximate surface area is 304 Å². The first-order valence-electron chi connectivity index (χ1n) is 15.2. The minimum atomic E-state index is -1.96. The molecule has 280 valence electrons. The quantitative estimate of drug-likeness (QED) is 0.0973. The van der Waals surface area contributed by atoms with Gasteiger partial charge in [0.2, 0.25) is 29.3 Å². The molecule has 4 amide bonds. The van der Waals surface area contributed by atoms with Gasteiger partial charge in [-0.25, -0.2) is 4.79 Å². The van der Waals surface area contributed by atoms with Crippen LogP contribution in [0.4, 0.5) is 14.9 Å². The first-order valence-corrected chi connectivity index (χ1v) is 16.0. The molecule has 19 heteroatoms. The van der Waals surface area contributed by atoms with Crippen LogP contribution >= 0.6 is 15.9 Å². The van der Waals surface area contributed by atoms with Gasteiger partial charge in [-0.15, -0.1) is 0 Å². The van der Waals surface area contributed by atoms with Crippen molar-refractivity contribution in [1.82, 2.24) is 21.3 Å². The third-order valence-electron chi connectivity index (χ3n) is 7.24. The average Bonchev–Trinajstić information content (AvgIpc) is 3.06. The maximum absolute atomic E-state index is 14.1. The molecule has 0 unspecified atom stereocenters. The molecule has 0 saturated carbocycles. The minimum absolute atomic E-state index is 0.0811. The Balaban J connectivity index is 2.11. The molecule has 0 aliphatic rings. The molecule has 0 spiro atoms. The van der Waals surface area contributed by atoms with Gasteiger partial charge in [-0.3, -0.25) is 24.5 Å². The number of likely N-dealkylation sites (N-methyl/N-ethyl adjacent to an activating group) is 1. The zero-order valence-corrected chi connectivity index (χ0v) is 30.2. The number of phenols is 2. The summed E-state index contributed by atoms with van der Waals surface area (Å²) in [5.74, 6) is -5.56. The number of methoxy groups -OCH3 is 2. The van der Waals surface area contributed by atoms with E-state index >= 15 is 0 Å². The molecule has 4 atom stereocenters. The maximum atomic E-state index is 14.1. The second-order valence-electron chi connectivity index (χ2n) is 12.0. The smallest absolute Gasteiger partial charge is 0.408 e. The number of carbonyl (C=O) groups excluding carboxylic acids is 4. The highest BCUT2D eigenvalue weighted by Crippen LogP contribution is 2.38. The van der Waals surface area contributed by atoms with Crippen molar-refractivity contribution >= 4 is 45.4 Å². The second kappa shape index (κ2) is 17.0. The molecule has 0 radical (unpaired) electrons. The van der Waals surface area contributed by atoms with Crippen LogP contribution in [0.2, 0.25) is 0 Å². The standard InChI is InChI=1S/C33H37BrFN5O12/c1-33(2,3)52-32(47)39-25(17-13-21(41)28(51-6)22(42)14-17)31(46)37-24(15-8-10-23(50-5)18(34)11-15)30(45)38-26(29(44)36-4)27(43)16-7-9-19(35)20(12-16)40(48)49/h7-14,24-27,41-43H,1-6H3,(H,36,44)(H,37,46)(H,38,45)(H,39,47)/t24-,25-,26+,27-/m1/s1. The Bertz CT molecular complexity index is 1830. The van der Waals surface area contributed by atoms with Gasteiger partial charge in [0.25, 0.3) is 0 Å². The number of nitrogens with one attached hydrogen (secondary N) is 4. The molecule has 0 aliphatic carbocycles. The summed E-state index contributed by atoms with van der Waals surface area (Å²) in [7, 11) is 3.75. The number of benzene rings is 3. The predicted octanol–water partition coefficient (Wildman–Crippen LogP) is 3.31. The van der Waals surface area contributed by atoms with E-state index in [0.29, 0.717) is 22.4 Å². The number of nitro groups is 1. The molecule has 3 rings (SSSR count). The lowest BCUT2D eigenvalue weighted by Crippen LogP contribution is -2.53. The van der Waals surface area contributed by atoms with Crippen molar-refractivity contribution in [2.75, 3.05) is 21.3 Å². The van der Waals surface area contributed by atoms with E-state index in [9.17, 15) is 49.0 Å². The van der Waals surface area contributed by atoms with Crippen molar-refractivity contribution in [3.63, 3.8) is 0 Å². The molecule has 17 nitrogen and oxygen atoms in total. The number of aliphatic hydroxyl groups excluding tert-OH is 1. The van der Waals surface area contributed by atoms with E-state index in [0.717, 1.165) is 18.2 Å². The van der Waals surface area contributed by atoms with Crippen LogP contribution in [0.25, 0.3) is 0 Å². The molecule has 0 fully saturated rings. The van der Waals surface area contributed by atoms with Crippen molar-refractivity contribution in [2.45, 2.75) is 50.6 Å². The van der Waals surface area contributed by atoms with Crippen LogP contribution in [0.15, 0.2) is 53.0 Å². The Morgan fingerprint density at radius 2 is 1.42 bits per heavy atom. The Kier molecular flexibility index (Phi) is 13.3. The van der Waals surface area contributed by atoms with Crippen molar-refractivity contribution in [1.29, 1.82) is 0 Å². The topological polar surface area (TPSA) is 248 Å². The van der Waals surface area contributed by atoms with E-state index in [2.05, 4.69) is 37.2 Å². The Morgan fingerprint density at radius 3 is 1.94 bits per heavy atom. The van der Waals surface area contributed by atoms with Crippen molar-refractivity contribution in [2.24, 2.45) is 0 Å². The lowest BCUT2D eigenvalue weighted by molar-refractivity contribution is -0.387. The van der Waals surface area contributed by atoms with Gasteiger partial charge in [-0.2, -0.15) is 4.39 Å². The number of amides is 4. The summed E-state index contributed by atoms with van der Waals surface area (Å²) in [6, 6.07) is 3.40. The Morgan fingerprint density at radius 1 is 0.846 bits per heavy atom. The summed E-state index contributed by atoms with van der Waals surface area (Å²) in [5, 5.41) is 52.8. The summed E-state index contributed by atoms with van der Waals surface area (Å²) in [4.78, 5) is 64.3. The predicted molar refractivity (Wildman–Crippen MR) is 184 cm³/mol. The molecule has 0 aliphatic heterocycles. The fourth-order valence-corrected chi connectivity index (χ4v) is 5.39. The summed E-state index contributed by atoms with van der Waals surface area (Å²) in [6.07, 6.45) is -3.05. The van der Waals surface area contributed by atoms with Crippen LogP contribution in [-0.4, -0.2) is 77.0 Å². The van der Waals surface area contributed by atoms with Crippen LogP contribution in [0.1, 0.15) is 55.6 Å². The minimum Gasteiger partial charge on any atom is -0.504 e. The van der Waals surface area contributed by atoms with E-state index in [1.54, 1.807) is 20.8 Å². The number of aromatic hydroxyl groups is 2. The first kappa shape index (κ1) is 40.7. The number of hydrogen-bond acceptors (Lipinski definition) is 12. The second-order valence-corrected chi connectivity index (χ2v) is 12.9. The number of ether oxygens (including phenoxy) is 3. The van der Waals surface area contributed by atoms with E-state index in [-0.39, 0.29) is 22.4 Å². The summed E-state index contributed by atoms with van der Waals surface area (Å²) >= 11 is 3.31. The number of phenolic OH excluding ortho intramolecular Hbond substituents is 2. The molecule has 3 aromatic carbocycles. The molecule has 3 aromatic rings. The fourth-order valence-electron chi connectivity index (χ4n) is 4.84. The third-order valence-corrected chi connectivity index (χ3v) is 7.86. The van der Waals surface area contributed by atoms with E-state index in [1.807, 2.05) is 0 Å². The van der Waals surface area contributed by atoms with Gasteiger partial charge in [0.1, 0.15) is 35.6 Å². The van der Waals surface area contributed by atoms with E-state index in [1.165, 1.54) is 39.5 Å². The number of carbonyl (C=O) groups is 4. The first-order chi connectivity index (χ1) is 24.3. The monoisotopic (exact) mass is 793 g/mol. The lowest BCUT2D eigenvalue weighted by atomic mass is 9.98. The normalized spacial score (nSPS) is 13.4. The van der Waals surface area contributed by atoms with Crippen LogP contribution in [0, 0.1) is 15.9 Å². The average molecular weight is 795 g/mol. The summed E-state index contributed by atoms with van der Waals surface area (Å²) < 4.78 is 29.9. The highest BCUT2D eigenvalue weighted by molar-refractivity contribution is 9.10. The van der Waals surface area contributed by atoms with Crippen LogP contribution in [0.5, 0.6) is 23.0 Å². The van der Waals surface area contributed by atoms with Crippen LogP contribution in [0.3, 0.4) is 0 Å². The summed E-state index contributed by atoms with van der Waals surface area (Å²) in [6.45, 7) is 4.70. The van der Waals surface area contributed by atoms with Crippen molar-refractivity contribution < 1.29 is 58.0 Å². The van der Waals surface area contributed by atoms with Crippen molar-refractivity contribution in [3.05, 3.63) is 85.6 Å². The van der Waals surface area contributed by atoms with Crippen molar-refractivity contribution in [3.8, 4) is 23.0 Å². The van der Waals surface area contributed by atoms with Gasteiger partial charge in [-0.05, 0) is 83.7 Å². The molecule has 0 aromatic heterocycles. The Hall–Kier alpha value is -5.69. The zero-order chi connectivity index (χ0) is 39.1. The molecule has 0 heterocycles. The number of halogens is 2. The number of nitrogens with zero attached hydrogens (tertiary/aromatic N) is 1. The largest absolute Gasteiger partial charge is 0.504 e. The highest BCUT2D eigenvalue weighted by Gasteiger charge is 2.36. The fraction of sp³-hybridized carbons (Fsp3) is 0.333. The number of alkyl carbamates (subject to hydrolysis) is 1. The molecule has 0 saturated heterocycles. The molecule has 52 heavy (non-hydrogen) atoms. The third kappa shape index (κ3) is 9.97. The van der Waals surface area contributed by atoms with Crippen LogP contribution in [-0.2, 0) is 19.1 Å². The van der Waals surface area contributed by atoms with Crippen LogP contribution < -0.4 is 30.7 Å². The lowest BCUT2D eigenvalue weighted by Gasteiger charge is -2.28. The number of aliphatic hydroxyl groups is 1. The van der Waals surface area contributed by atoms with E-state index < -0.39 is 81.6 Å². The highest BCUT2D eigenvalue weighted by atomic mass is 79.9. The van der Waals surface area contributed by atoms with Gasteiger partial charge in [0.15, 0.2) is 11.5 Å². The van der Waals surface area contributed by atoms with Gasteiger partial charge >= 0.3 is 11.8 Å². The number of hydrogen-bond donors (Lipinski definition) is 7. The number of nitro benzene ring substituents is 1. The van der Waals surface area contributed by atoms with Gasteiger partial charge in [-0.1, -0.05) is 12.1 Å². The van der Waals surface area contributed by atoms with Gasteiger partial charge in [0, 0.05) is 13.1 Å².